The van der Waals surface area contributed by atoms with Crippen molar-refractivity contribution in [2.45, 2.75) is 39.0 Å². The normalized spacial score (nSPS) is 14.7. The number of nitrogens with one attached hydrogen (secondary N) is 2. The van der Waals surface area contributed by atoms with Crippen LogP contribution in [0.5, 0.6) is 5.75 Å². The molecule has 6 nitrogen and oxygen atoms in total. The van der Waals surface area contributed by atoms with Crippen LogP contribution in [0.3, 0.4) is 0 Å². The van der Waals surface area contributed by atoms with E-state index in [4.69, 9.17) is 4.74 Å². The maximum atomic E-state index is 13.0. The number of amides is 1. The molecule has 3 rings (SSSR count). The highest BCUT2D eigenvalue weighted by Gasteiger charge is 2.19. The van der Waals surface area contributed by atoms with Gasteiger partial charge in [0.15, 0.2) is 5.96 Å². The van der Waals surface area contributed by atoms with E-state index in [-0.39, 0.29) is 41.8 Å². The summed E-state index contributed by atoms with van der Waals surface area (Å²) in [7, 11) is 1.72. The van der Waals surface area contributed by atoms with E-state index in [0.29, 0.717) is 37.8 Å². The molecule has 1 saturated heterocycles. The molecular weight excluding hydrogens is 510 g/mol. The summed E-state index contributed by atoms with van der Waals surface area (Å²) in [6.07, 6.45) is 1.52. The molecule has 0 spiro atoms. The molecule has 2 aromatic rings. The first-order valence-electron chi connectivity index (χ1n) is 10.3. The van der Waals surface area contributed by atoms with Crippen LogP contribution in [0.2, 0.25) is 0 Å². The average molecular weight is 540 g/mol. The zero-order valence-electron chi connectivity index (χ0n) is 17.9. The molecule has 0 radical (unpaired) electrons. The summed E-state index contributed by atoms with van der Waals surface area (Å²) in [6.45, 7) is 4.66. The maximum absolute atomic E-state index is 13.0. The number of hydrogen-bond donors (Lipinski definition) is 2. The Bertz CT molecular complexity index is 859. The van der Waals surface area contributed by atoms with Crippen LogP contribution in [0.15, 0.2) is 53.5 Å². The second-order valence-corrected chi connectivity index (χ2v) is 7.42. The molecule has 1 amide bonds. The Morgan fingerprint density at radius 1 is 1.13 bits per heavy atom. The van der Waals surface area contributed by atoms with Crippen LogP contribution in [0, 0.1) is 5.82 Å². The Labute approximate surface area is 200 Å². The van der Waals surface area contributed by atoms with Gasteiger partial charge in [0, 0.05) is 33.1 Å². The fraction of sp³-hybridized carbons (Fsp3) is 0.391. The number of likely N-dealkylation sites (tertiary alicyclic amines) is 1. The first kappa shape index (κ1) is 24.9. The summed E-state index contributed by atoms with van der Waals surface area (Å²) in [4.78, 5) is 17.9. The van der Waals surface area contributed by atoms with Crippen molar-refractivity contribution in [2.24, 2.45) is 4.99 Å². The van der Waals surface area contributed by atoms with Gasteiger partial charge in [-0.25, -0.2) is 4.39 Å². The first-order chi connectivity index (χ1) is 14.5. The van der Waals surface area contributed by atoms with Gasteiger partial charge in [0.2, 0.25) is 5.91 Å². The van der Waals surface area contributed by atoms with Gasteiger partial charge in [-0.15, -0.1) is 24.0 Å². The van der Waals surface area contributed by atoms with Crippen LogP contribution in [0.1, 0.15) is 30.9 Å². The van der Waals surface area contributed by atoms with Crippen LogP contribution in [-0.2, 0) is 17.9 Å². The maximum Gasteiger partial charge on any atom is 0.222 e. The molecule has 1 aliphatic rings. The molecule has 2 N–H and O–H groups in total. The number of carbonyl (C=O) groups is 1. The van der Waals surface area contributed by atoms with Gasteiger partial charge in [0.05, 0.1) is 6.54 Å². The Hall–Kier alpha value is -2.36. The van der Waals surface area contributed by atoms with E-state index < -0.39 is 0 Å². The molecular formula is C23H30FIN4O2. The second kappa shape index (κ2) is 12.5. The van der Waals surface area contributed by atoms with E-state index in [1.165, 1.54) is 12.1 Å². The van der Waals surface area contributed by atoms with Crippen LogP contribution in [0.4, 0.5) is 4.39 Å². The molecule has 0 aromatic heterocycles. The first-order valence-corrected chi connectivity index (χ1v) is 10.3. The fourth-order valence-electron chi connectivity index (χ4n) is 3.29. The number of guanidine groups is 1. The number of rotatable bonds is 8. The summed E-state index contributed by atoms with van der Waals surface area (Å²) in [5, 5.41) is 6.51. The number of nitrogens with zero attached hydrogens (tertiary/aromatic N) is 2. The Kier molecular flexibility index (Phi) is 10.0. The van der Waals surface area contributed by atoms with Crippen LogP contribution in [-0.4, -0.2) is 43.0 Å². The smallest absolute Gasteiger partial charge is 0.222 e. The van der Waals surface area contributed by atoms with Crippen molar-refractivity contribution in [2.75, 3.05) is 20.1 Å². The predicted molar refractivity (Wildman–Crippen MR) is 131 cm³/mol. The summed E-state index contributed by atoms with van der Waals surface area (Å²) in [5.41, 5.74) is 2.27. The van der Waals surface area contributed by atoms with Crippen LogP contribution >= 0.6 is 24.0 Å². The highest BCUT2D eigenvalue weighted by molar-refractivity contribution is 14.0. The third-order valence-corrected chi connectivity index (χ3v) is 4.96. The predicted octanol–water partition coefficient (Wildman–Crippen LogP) is 3.70. The third kappa shape index (κ3) is 8.01. The molecule has 1 aliphatic heterocycles. The molecule has 1 fully saturated rings. The van der Waals surface area contributed by atoms with Crippen LogP contribution < -0.4 is 15.4 Å². The lowest BCUT2D eigenvalue weighted by Gasteiger charge is -2.18. The zero-order chi connectivity index (χ0) is 21.3. The second-order valence-electron chi connectivity index (χ2n) is 7.42. The standard InChI is InChI=1S/C23H29FN4O2.HI/c1-17(30-21-11-9-20(24)10-12-21)14-26-23(25-2)27-15-18-5-7-19(8-6-18)16-28-13-3-4-22(28)29;/h5-12,17H,3-4,13-16H2,1-2H3,(H2,25,26,27);1H. The molecule has 0 saturated carbocycles. The van der Waals surface area contributed by atoms with E-state index >= 15 is 0 Å². The molecule has 1 heterocycles. The van der Waals surface area contributed by atoms with Crippen molar-refractivity contribution in [3.8, 4) is 5.75 Å². The number of benzene rings is 2. The van der Waals surface area contributed by atoms with Crippen LogP contribution in [0.25, 0.3) is 0 Å². The Balaban J connectivity index is 0.00000341. The summed E-state index contributed by atoms with van der Waals surface area (Å²) < 4.78 is 18.7. The lowest BCUT2D eigenvalue weighted by Crippen LogP contribution is -2.41. The lowest BCUT2D eigenvalue weighted by atomic mass is 10.1. The monoisotopic (exact) mass is 540 g/mol. The molecule has 0 aliphatic carbocycles. The SMILES string of the molecule is CN=C(NCc1ccc(CN2CCCC2=O)cc1)NCC(C)Oc1ccc(F)cc1.I. The van der Waals surface area contributed by atoms with Gasteiger partial charge in [0.1, 0.15) is 17.7 Å². The highest BCUT2D eigenvalue weighted by atomic mass is 127. The minimum absolute atomic E-state index is 0. The number of hydrogen-bond acceptors (Lipinski definition) is 3. The molecule has 2 aromatic carbocycles. The number of aliphatic imine (C=N–C) groups is 1. The highest BCUT2D eigenvalue weighted by Crippen LogP contribution is 2.15. The van der Waals surface area contributed by atoms with E-state index in [1.54, 1.807) is 19.2 Å². The topological polar surface area (TPSA) is 66.0 Å². The van der Waals surface area contributed by atoms with Gasteiger partial charge in [0.25, 0.3) is 0 Å². The van der Waals surface area contributed by atoms with Crippen molar-refractivity contribution < 1.29 is 13.9 Å². The van der Waals surface area contributed by atoms with Crippen molar-refractivity contribution >= 4 is 35.8 Å². The lowest BCUT2D eigenvalue weighted by molar-refractivity contribution is -0.128. The summed E-state index contributed by atoms with van der Waals surface area (Å²) in [5.74, 6) is 1.27. The van der Waals surface area contributed by atoms with E-state index in [0.717, 1.165) is 24.1 Å². The third-order valence-electron chi connectivity index (χ3n) is 4.96. The number of carbonyl (C=O) groups excluding carboxylic acids is 1. The average Bonchev–Trinajstić information content (AvgIpc) is 3.15. The molecule has 1 atom stereocenters. The Morgan fingerprint density at radius 3 is 2.42 bits per heavy atom. The molecule has 8 heteroatoms. The van der Waals surface area contributed by atoms with Gasteiger partial charge < -0.3 is 20.3 Å². The van der Waals surface area contributed by atoms with Gasteiger partial charge in [-0.05, 0) is 48.7 Å². The van der Waals surface area contributed by atoms with E-state index in [1.807, 2.05) is 11.8 Å². The fourth-order valence-corrected chi connectivity index (χ4v) is 3.29. The zero-order valence-corrected chi connectivity index (χ0v) is 20.3. The quantitative estimate of drug-likeness (QED) is 0.305. The van der Waals surface area contributed by atoms with Gasteiger partial charge >= 0.3 is 0 Å². The van der Waals surface area contributed by atoms with Gasteiger partial charge in [-0.3, -0.25) is 9.79 Å². The van der Waals surface area contributed by atoms with Gasteiger partial charge in [-0.1, -0.05) is 24.3 Å². The van der Waals surface area contributed by atoms with Crippen molar-refractivity contribution in [1.82, 2.24) is 15.5 Å². The molecule has 168 valence electrons. The molecule has 31 heavy (non-hydrogen) atoms. The van der Waals surface area contributed by atoms with Gasteiger partial charge in [-0.2, -0.15) is 0 Å². The molecule has 0 bridgehead atoms. The number of halogens is 2. The minimum atomic E-state index is -0.282. The Morgan fingerprint density at radius 2 is 1.81 bits per heavy atom. The summed E-state index contributed by atoms with van der Waals surface area (Å²) >= 11 is 0. The number of ether oxygens (including phenoxy) is 1. The minimum Gasteiger partial charge on any atom is -0.489 e. The van der Waals surface area contributed by atoms with Crippen molar-refractivity contribution in [3.05, 3.63) is 65.5 Å². The van der Waals surface area contributed by atoms with Crippen molar-refractivity contribution in [3.63, 3.8) is 0 Å². The largest absolute Gasteiger partial charge is 0.489 e. The molecule has 1 unspecified atom stereocenters. The van der Waals surface area contributed by atoms with E-state index in [9.17, 15) is 9.18 Å². The summed E-state index contributed by atoms with van der Waals surface area (Å²) in [6, 6.07) is 14.3. The van der Waals surface area contributed by atoms with Crippen molar-refractivity contribution in [1.29, 1.82) is 0 Å². The van der Waals surface area contributed by atoms with E-state index in [2.05, 4.69) is 39.9 Å².